The summed E-state index contributed by atoms with van der Waals surface area (Å²) in [5.74, 6) is -2.99. The summed E-state index contributed by atoms with van der Waals surface area (Å²) in [5.41, 5.74) is -1.45. The number of cyclic esters (lactones) is 2. The fraction of sp³-hybridized carbons (Fsp3) is 0.909. The molecule has 10 nitrogen and oxygen atoms in total. The Labute approximate surface area is 315 Å². The second-order valence-corrected chi connectivity index (χ2v) is 14.1. The SMILES string of the molecule is CCCCCCCCCCCCCCCCCCCCCCCC(=O)OCC1(CO)COC(=O)CC(S(=O)(=O)[O-])C(=O)OC1.[K+]. The van der Waals surface area contributed by atoms with Crippen LogP contribution in [0.1, 0.15) is 155 Å². The zero-order valence-electron chi connectivity index (χ0n) is 28.2. The number of ether oxygens (including phenoxy) is 3. The molecule has 0 bridgehead atoms. The van der Waals surface area contributed by atoms with Crippen molar-refractivity contribution in [3.63, 3.8) is 0 Å². The first-order chi connectivity index (χ1) is 21.1. The first-order valence-electron chi connectivity index (χ1n) is 17.2. The number of esters is 3. The van der Waals surface area contributed by atoms with E-state index < -0.39 is 71.5 Å². The Morgan fingerprint density at radius 1 is 0.778 bits per heavy atom. The maximum atomic E-state index is 12.2. The van der Waals surface area contributed by atoms with E-state index in [9.17, 15) is 32.5 Å². The van der Waals surface area contributed by atoms with Gasteiger partial charge in [-0.2, -0.15) is 0 Å². The summed E-state index contributed by atoms with van der Waals surface area (Å²) in [6.45, 7) is 0.176. The Morgan fingerprint density at radius 3 is 1.58 bits per heavy atom. The van der Waals surface area contributed by atoms with E-state index in [0.29, 0.717) is 6.42 Å². The second kappa shape index (κ2) is 27.8. The Hall–Kier alpha value is -0.0836. The zero-order chi connectivity index (χ0) is 32.5. The van der Waals surface area contributed by atoms with E-state index >= 15 is 0 Å². The van der Waals surface area contributed by atoms with E-state index in [2.05, 4.69) is 6.92 Å². The fourth-order valence-electron chi connectivity index (χ4n) is 5.33. The quantitative estimate of drug-likeness (QED) is 0.0470. The van der Waals surface area contributed by atoms with E-state index in [0.717, 1.165) is 19.3 Å². The number of hydrogen-bond donors (Lipinski definition) is 1. The molecule has 1 fully saturated rings. The monoisotopic (exact) mass is 686 g/mol. The molecule has 0 aliphatic carbocycles. The van der Waals surface area contributed by atoms with Crippen molar-refractivity contribution in [3.8, 4) is 0 Å². The fourth-order valence-corrected chi connectivity index (χ4v) is 5.98. The first kappa shape index (κ1) is 44.9. The predicted octanol–water partition coefficient (Wildman–Crippen LogP) is 3.52. The summed E-state index contributed by atoms with van der Waals surface area (Å²) >= 11 is 0. The Morgan fingerprint density at radius 2 is 1.18 bits per heavy atom. The minimum Gasteiger partial charge on any atom is -0.747 e. The number of aliphatic hydroxyl groups excluding tert-OH is 1. The van der Waals surface area contributed by atoms with E-state index in [-0.39, 0.29) is 57.8 Å². The van der Waals surface area contributed by atoms with Crippen LogP contribution in [0, 0.1) is 5.41 Å². The van der Waals surface area contributed by atoms with Crippen LogP contribution in [-0.2, 0) is 38.7 Å². The minimum absolute atomic E-state index is 0. The van der Waals surface area contributed by atoms with E-state index in [1.165, 1.54) is 109 Å². The third kappa shape index (κ3) is 23.0. The molecule has 0 radical (unpaired) electrons. The number of aliphatic hydroxyl groups is 1. The molecule has 1 aliphatic rings. The van der Waals surface area contributed by atoms with Gasteiger partial charge in [-0.25, -0.2) is 8.42 Å². The second-order valence-electron chi connectivity index (χ2n) is 12.6. The van der Waals surface area contributed by atoms with Crippen LogP contribution in [0.15, 0.2) is 0 Å². The molecule has 258 valence electrons. The normalized spacial score (nSPS) is 19.0. The van der Waals surface area contributed by atoms with Crippen LogP contribution >= 0.6 is 0 Å². The molecule has 2 unspecified atom stereocenters. The van der Waals surface area contributed by atoms with E-state index in [1.54, 1.807) is 0 Å². The van der Waals surface area contributed by atoms with Gasteiger partial charge in [-0.1, -0.05) is 135 Å². The summed E-state index contributed by atoms with van der Waals surface area (Å²) in [7, 11) is -5.14. The van der Waals surface area contributed by atoms with Crippen LogP contribution in [0.3, 0.4) is 0 Å². The van der Waals surface area contributed by atoms with Gasteiger partial charge in [0.15, 0.2) is 5.25 Å². The van der Waals surface area contributed by atoms with Crippen molar-refractivity contribution in [3.05, 3.63) is 0 Å². The molecule has 1 heterocycles. The average molecular weight is 687 g/mol. The Bertz CT molecular complexity index is 898. The summed E-state index contributed by atoms with van der Waals surface area (Å²) in [6, 6.07) is 0. The van der Waals surface area contributed by atoms with Gasteiger partial charge in [-0.3, -0.25) is 14.4 Å². The first-order valence-corrected chi connectivity index (χ1v) is 18.6. The topological polar surface area (TPSA) is 156 Å². The Kier molecular flexibility index (Phi) is 27.8. The summed E-state index contributed by atoms with van der Waals surface area (Å²) in [5, 5.41) is 7.64. The molecule has 1 aliphatic heterocycles. The predicted molar refractivity (Wildman–Crippen MR) is 168 cm³/mol. The number of rotatable bonds is 26. The summed E-state index contributed by atoms with van der Waals surface area (Å²) < 4.78 is 49.0. The molecule has 0 saturated carbocycles. The molecular weight excluding hydrogens is 628 g/mol. The smallest absolute Gasteiger partial charge is 0.747 e. The molecule has 45 heavy (non-hydrogen) atoms. The van der Waals surface area contributed by atoms with Crippen molar-refractivity contribution in [2.24, 2.45) is 5.41 Å². The molecule has 0 aromatic carbocycles. The zero-order valence-corrected chi connectivity index (χ0v) is 32.1. The van der Waals surface area contributed by atoms with Crippen molar-refractivity contribution in [2.45, 2.75) is 160 Å². The van der Waals surface area contributed by atoms with Gasteiger partial charge in [0.2, 0.25) is 0 Å². The minimum atomic E-state index is -5.14. The van der Waals surface area contributed by atoms with Gasteiger partial charge < -0.3 is 23.9 Å². The molecular formula is C33H59KO10S. The van der Waals surface area contributed by atoms with Gasteiger partial charge in [-0.05, 0) is 6.42 Å². The Balaban J connectivity index is 0.0000194. The van der Waals surface area contributed by atoms with Crippen LogP contribution < -0.4 is 51.4 Å². The number of hydrogen-bond acceptors (Lipinski definition) is 10. The average Bonchev–Trinajstić information content (AvgIpc) is 3.05. The number of carbonyl (C=O) groups excluding carboxylic acids is 3. The van der Waals surface area contributed by atoms with Crippen LogP contribution in [0.5, 0.6) is 0 Å². The molecule has 0 amide bonds. The molecule has 2 atom stereocenters. The number of unbranched alkanes of at least 4 members (excludes halogenated alkanes) is 20. The molecule has 1 saturated heterocycles. The summed E-state index contributed by atoms with van der Waals surface area (Å²) in [6.07, 6.45) is 26.0. The van der Waals surface area contributed by atoms with Gasteiger partial charge in [-0.15, -0.1) is 0 Å². The molecule has 1 N–H and O–H groups in total. The van der Waals surface area contributed by atoms with Gasteiger partial charge in [0.25, 0.3) is 0 Å². The molecule has 1 rings (SSSR count). The van der Waals surface area contributed by atoms with E-state index in [4.69, 9.17) is 14.2 Å². The summed E-state index contributed by atoms with van der Waals surface area (Å²) in [4.78, 5) is 36.2. The van der Waals surface area contributed by atoms with Crippen LogP contribution in [0.4, 0.5) is 0 Å². The van der Waals surface area contributed by atoms with E-state index in [1.807, 2.05) is 0 Å². The van der Waals surface area contributed by atoms with Crippen LogP contribution in [0.25, 0.3) is 0 Å². The van der Waals surface area contributed by atoms with Crippen molar-refractivity contribution in [1.82, 2.24) is 0 Å². The van der Waals surface area contributed by atoms with Gasteiger partial charge in [0, 0.05) is 6.42 Å². The molecule has 0 aromatic rings. The standard InChI is InChI=1S/C33H60O10S.K/c1-2-3-4-5-6-7-8-9-10-11-12-13-14-15-16-17-18-19-20-21-22-23-30(35)41-26-33(25-34)27-42-31(36)24-29(44(38,39)40)32(37)43-28-33;/h29,34H,2-28H2,1H3,(H,38,39,40);/q;+1/p-1. The van der Waals surface area contributed by atoms with Gasteiger partial charge in [0.1, 0.15) is 29.9 Å². The maximum absolute atomic E-state index is 12.2. The maximum Gasteiger partial charge on any atom is 1.00 e. The largest absolute Gasteiger partial charge is 1.00 e. The molecule has 0 aromatic heterocycles. The van der Waals surface area contributed by atoms with Crippen molar-refractivity contribution < 1.29 is 98.1 Å². The third-order valence-corrected chi connectivity index (χ3v) is 9.44. The van der Waals surface area contributed by atoms with Gasteiger partial charge >= 0.3 is 69.3 Å². The van der Waals surface area contributed by atoms with Crippen LogP contribution in [-0.4, -0.2) is 67.7 Å². The third-order valence-electron chi connectivity index (χ3n) is 8.38. The van der Waals surface area contributed by atoms with Gasteiger partial charge in [0.05, 0.1) is 18.4 Å². The van der Waals surface area contributed by atoms with Crippen molar-refractivity contribution >= 4 is 28.0 Å². The van der Waals surface area contributed by atoms with Crippen molar-refractivity contribution in [1.29, 1.82) is 0 Å². The molecule has 0 spiro atoms. The van der Waals surface area contributed by atoms with Crippen LogP contribution in [0.2, 0.25) is 0 Å². The molecule has 12 heteroatoms. The number of carbonyl (C=O) groups is 3. The van der Waals surface area contributed by atoms with Crippen molar-refractivity contribution in [2.75, 3.05) is 26.4 Å².